The van der Waals surface area contributed by atoms with Gasteiger partial charge >= 0.3 is 0 Å². The number of nitrogens with one attached hydrogen (secondary N) is 1. The van der Waals surface area contributed by atoms with Crippen molar-refractivity contribution in [1.29, 1.82) is 0 Å². The van der Waals surface area contributed by atoms with Gasteiger partial charge in [-0.15, -0.1) is 4.72 Å². The molecule has 0 aliphatic rings. The van der Waals surface area contributed by atoms with Crippen LogP contribution in [0.2, 0.25) is 0 Å². The second kappa shape index (κ2) is 6.54. The van der Waals surface area contributed by atoms with Gasteiger partial charge in [0.05, 0.1) is 12.6 Å². The van der Waals surface area contributed by atoms with E-state index in [1.165, 1.54) is 0 Å². The summed E-state index contributed by atoms with van der Waals surface area (Å²) in [6, 6.07) is 7.35. The van der Waals surface area contributed by atoms with E-state index in [1.54, 1.807) is 0 Å². The average Bonchev–Trinajstić information content (AvgIpc) is 2.34. The largest absolute Gasteiger partial charge is 0.598 e. The molecule has 18 heavy (non-hydrogen) atoms. The molecule has 0 spiro atoms. The van der Waals surface area contributed by atoms with Gasteiger partial charge in [-0.1, -0.05) is 24.3 Å². The molecule has 0 aliphatic heterocycles. The van der Waals surface area contributed by atoms with Crippen LogP contribution in [-0.2, 0) is 18.0 Å². The minimum atomic E-state index is -1.15. The number of nitrogens with two attached hydrogens (primary N) is 1. The normalized spacial score (nSPS) is 15.4. The minimum Gasteiger partial charge on any atom is -0.598 e. The molecule has 5 heteroatoms. The van der Waals surface area contributed by atoms with Gasteiger partial charge in [-0.25, -0.2) is 0 Å². The van der Waals surface area contributed by atoms with Crippen molar-refractivity contribution in [3.63, 3.8) is 0 Å². The van der Waals surface area contributed by atoms with E-state index >= 15 is 0 Å². The summed E-state index contributed by atoms with van der Waals surface area (Å²) in [5.41, 5.74) is 7.55. The van der Waals surface area contributed by atoms with E-state index in [2.05, 4.69) is 4.72 Å². The van der Waals surface area contributed by atoms with Crippen LogP contribution in [0.1, 0.15) is 37.9 Å². The Bertz CT molecular complexity index is 362. The lowest BCUT2D eigenvalue weighted by Gasteiger charge is -2.27. The first kappa shape index (κ1) is 15.5. The summed E-state index contributed by atoms with van der Waals surface area (Å²) in [5.74, 6) is 0. The summed E-state index contributed by atoms with van der Waals surface area (Å²) in [7, 11) is 0. The molecule has 0 amide bonds. The molecule has 0 saturated heterocycles. The Labute approximate surface area is 112 Å². The fraction of sp³-hybridized carbons (Fsp3) is 0.538. The van der Waals surface area contributed by atoms with Crippen molar-refractivity contribution in [2.24, 2.45) is 5.73 Å². The first-order valence-electron chi connectivity index (χ1n) is 5.96. The van der Waals surface area contributed by atoms with Gasteiger partial charge < -0.3 is 15.4 Å². The highest BCUT2D eigenvalue weighted by Gasteiger charge is 2.29. The molecule has 0 bridgehead atoms. The predicted molar refractivity (Wildman–Crippen MR) is 75.2 cm³/mol. The van der Waals surface area contributed by atoms with Crippen LogP contribution in [0.25, 0.3) is 0 Å². The van der Waals surface area contributed by atoms with E-state index < -0.39 is 11.4 Å². The Morgan fingerprint density at radius 3 is 2.28 bits per heavy atom. The summed E-state index contributed by atoms with van der Waals surface area (Å²) in [4.78, 5) is 0. The topological polar surface area (TPSA) is 81.3 Å². The maximum Gasteiger partial charge on any atom is 0.136 e. The van der Waals surface area contributed by atoms with Crippen molar-refractivity contribution >= 4 is 11.4 Å². The van der Waals surface area contributed by atoms with Crippen molar-refractivity contribution in [2.75, 3.05) is 6.54 Å². The van der Waals surface area contributed by atoms with Crippen LogP contribution < -0.4 is 10.5 Å². The van der Waals surface area contributed by atoms with E-state index in [0.29, 0.717) is 6.54 Å². The molecule has 4 nitrogen and oxygen atoms in total. The van der Waals surface area contributed by atoms with Crippen LogP contribution >= 0.6 is 0 Å². The number of rotatable bonds is 5. The molecule has 102 valence electrons. The monoisotopic (exact) mass is 270 g/mol. The maximum absolute atomic E-state index is 12.0. The van der Waals surface area contributed by atoms with Crippen LogP contribution in [0, 0.1) is 0 Å². The Balaban J connectivity index is 2.76. The van der Waals surface area contributed by atoms with Crippen LogP contribution in [0.5, 0.6) is 0 Å². The summed E-state index contributed by atoms with van der Waals surface area (Å²) in [5, 5.41) is 8.99. The van der Waals surface area contributed by atoms with Gasteiger partial charge in [0.25, 0.3) is 0 Å². The van der Waals surface area contributed by atoms with E-state index in [0.717, 1.165) is 11.1 Å². The highest BCUT2D eigenvalue weighted by atomic mass is 32.2. The fourth-order valence-corrected chi connectivity index (χ4v) is 2.26. The van der Waals surface area contributed by atoms with E-state index in [-0.39, 0.29) is 17.4 Å². The molecule has 4 N–H and O–H groups in total. The Kier molecular flexibility index (Phi) is 5.62. The molecule has 1 rings (SSSR count). The Morgan fingerprint density at radius 1 is 1.33 bits per heavy atom. The molecule has 1 aromatic carbocycles. The van der Waals surface area contributed by atoms with Crippen molar-refractivity contribution in [1.82, 2.24) is 4.72 Å². The summed E-state index contributed by atoms with van der Waals surface area (Å²) >= 11 is -1.15. The van der Waals surface area contributed by atoms with Crippen molar-refractivity contribution in [3.05, 3.63) is 35.4 Å². The predicted octanol–water partition coefficient (Wildman–Crippen LogP) is 1.23. The van der Waals surface area contributed by atoms with Gasteiger partial charge in [0.1, 0.15) is 4.75 Å². The number of aliphatic hydroxyl groups is 1. The molecule has 0 aromatic heterocycles. The molecule has 1 unspecified atom stereocenters. The summed E-state index contributed by atoms with van der Waals surface area (Å²) < 4.78 is 14.8. The lowest BCUT2D eigenvalue weighted by Crippen LogP contribution is -2.43. The van der Waals surface area contributed by atoms with Crippen LogP contribution in [0.15, 0.2) is 24.3 Å². The quantitative estimate of drug-likeness (QED) is 0.703. The molecule has 2 atom stereocenters. The van der Waals surface area contributed by atoms with Crippen molar-refractivity contribution in [3.8, 4) is 0 Å². The van der Waals surface area contributed by atoms with E-state index in [1.807, 2.05) is 45.0 Å². The van der Waals surface area contributed by atoms with Crippen LogP contribution in [0.4, 0.5) is 0 Å². The first-order valence-corrected chi connectivity index (χ1v) is 7.11. The van der Waals surface area contributed by atoms with Gasteiger partial charge in [-0.3, -0.25) is 0 Å². The zero-order chi connectivity index (χ0) is 13.8. The second-order valence-corrected chi connectivity index (χ2v) is 7.18. The van der Waals surface area contributed by atoms with Gasteiger partial charge in [0.2, 0.25) is 0 Å². The molecule has 0 radical (unpaired) electrons. The smallest absolute Gasteiger partial charge is 0.136 e. The number of hydrogen-bond donors (Lipinski definition) is 3. The Morgan fingerprint density at radius 2 is 1.89 bits per heavy atom. The fourth-order valence-electron chi connectivity index (χ4n) is 1.41. The first-order chi connectivity index (χ1) is 8.38. The molecule has 0 fully saturated rings. The molecule has 0 heterocycles. The summed E-state index contributed by atoms with van der Waals surface area (Å²) in [6.45, 7) is 6.14. The molecule has 0 saturated carbocycles. The third-order valence-corrected chi connectivity index (χ3v) is 4.22. The minimum absolute atomic E-state index is 0.0227. The lowest BCUT2D eigenvalue weighted by atomic mass is 10.1. The second-order valence-electron chi connectivity index (χ2n) is 5.19. The molecule has 0 aliphatic carbocycles. The zero-order valence-corrected chi connectivity index (χ0v) is 12.0. The van der Waals surface area contributed by atoms with Crippen LogP contribution in [-0.4, -0.2) is 21.0 Å². The highest BCUT2D eigenvalue weighted by Crippen LogP contribution is 2.19. The molecule has 1 aromatic rings. The third kappa shape index (κ3) is 4.26. The lowest BCUT2D eigenvalue weighted by molar-refractivity contribution is 0.282. The third-order valence-electron chi connectivity index (χ3n) is 2.61. The maximum atomic E-state index is 12.0. The standard InChI is InChI=1S/C13H22N2O2S/c1-13(2,3)18(17)15-12(8-14)11-6-4-10(9-16)5-7-11/h4-7,12,15-16H,8-9,14H2,1-3H3/t12?,18-/m0/s1. The van der Waals surface area contributed by atoms with E-state index in [4.69, 9.17) is 10.8 Å². The van der Waals surface area contributed by atoms with Crippen molar-refractivity contribution < 1.29 is 9.66 Å². The van der Waals surface area contributed by atoms with Crippen LogP contribution in [0.3, 0.4) is 0 Å². The summed E-state index contributed by atoms with van der Waals surface area (Å²) in [6.07, 6.45) is 0. The molecular weight excluding hydrogens is 248 g/mol. The number of hydrogen-bond acceptors (Lipinski definition) is 4. The SMILES string of the molecule is CC(C)(C)[S@+]([O-])NC(CN)c1ccc(CO)cc1. The van der Waals surface area contributed by atoms with Gasteiger partial charge in [-0.2, -0.15) is 0 Å². The van der Waals surface area contributed by atoms with E-state index in [9.17, 15) is 4.55 Å². The average molecular weight is 270 g/mol. The number of aliphatic hydroxyl groups excluding tert-OH is 1. The van der Waals surface area contributed by atoms with Crippen molar-refractivity contribution in [2.45, 2.75) is 38.2 Å². The number of benzene rings is 1. The zero-order valence-electron chi connectivity index (χ0n) is 11.1. The highest BCUT2D eigenvalue weighted by molar-refractivity contribution is 7.90. The Hall–Kier alpha value is -0.590. The van der Waals surface area contributed by atoms with Gasteiger partial charge in [-0.05, 0) is 31.9 Å². The van der Waals surface area contributed by atoms with Gasteiger partial charge in [0.15, 0.2) is 0 Å². The molecular formula is C13H22N2O2S. The van der Waals surface area contributed by atoms with Gasteiger partial charge in [0, 0.05) is 17.9 Å².